The maximum absolute atomic E-state index is 12.9. The predicted molar refractivity (Wildman–Crippen MR) is 102 cm³/mol. The van der Waals surface area contributed by atoms with Gasteiger partial charge in [-0.05, 0) is 31.0 Å². The molecule has 0 saturated carbocycles. The number of anilines is 2. The summed E-state index contributed by atoms with van der Waals surface area (Å²) in [4.78, 5) is 12.9. The van der Waals surface area contributed by atoms with Gasteiger partial charge in [-0.3, -0.25) is 4.79 Å². The van der Waals surface area contributed by atoms with Gasteiger partial charge in [-0.15, -0.1) is 0 Å². The lowest BCUT2D eigenvalue weighted by Gasteiger charge is -2.27. The Morgan fingerprint density at radius 2 is 1.77 bits per heavy atom. The van der Waals surface area contributed by atoms with Crippen LogP contribution in [0.2, 0.25) is 0 Å². The van der Waals surface area contributed by atoms with Crippen molar-refractivity contribution in [3.8, 4) is 11.5 Å². The summed E-state index contributed by atoms with van der Waals surface area (Å²) in [5.74, 6) is 1.48. The van der Waals surface area contributed by atoms with Gasteiger partial charge in [0.1, 0.15) is 0 Å². The number of Topliss-reactive ketones (excluding diaryl/α,β-unsaturated/α-hetero) is 1. The zero-order chi connectivity index (χ0) is 18.1. The van der Waals surface area contributed by atoms with Crippen molar-refractivity contribution in [1.29, 1.82) is 0 Å². The zero-order valence-electron chi connectivity index (χ0n) is 15.0. The summed E-state index contributed by atoms with van der Waals surface area (Å²) in [5.41, 5.74) is 4.63. The third-order valence-electron chi connectivity index (χ3n) is 5.00. The zero-order valence-corrected chi connectivity index (χ0v) is 15.0. The Labute approximate surface area is 153 Å². The number of ether oxygens (including phenoxy) is 2. The van der Waals surface area contributed by atoms with Gasteiger partial charge in [0.2, 0.25) is 0 Å². The van der Waals surface area contributed by atoms with E-state index in [1.54, 1.807) is 14.2 Å². The van der Waals surface area contributed by atoms with Crippen molar-refractivity contribution in [2.24, 2.45) is 0 Å². The van der Waals surface area contributed by atoms with Gasteiger partial charge in [-0.2, -0.15) is 0 Å². The molecule has 0 saturated heterocycles. The van der Waals surface area contributed by atoms with Crippen LogP contribution in [0.3, 0.4) is 0 Å². The quantitative estimate of drug-likeness (QED) is 0.865. The minimum absolute atomic E-state index is 0.175. The lowest BCUT2D eigenvalue weighted by molar-refractivity contribution is -0.116. The molecule has 0 aromatic heterocycles. The molecule has 2 aromatic rings. The van der Waals surface area contributed by atoms with E-state index in [0.29, 0.717) is 17.9 Å². The molecule has 26 heavy (non-hydrogen) atoms. The van der Waals surface area contributed by atoms with Gasteiger partial charge in [0.05, 0.1) is 31.6 Å². The van der Waals surface area contributed by atoms with Crippen LogP contribution >= 0.6 is 0 Å². The van der Waals surface area contributed by atoms with E-state index < -0.39 is 0 Å². The Balaban J connectivity index is 1.92. The largest absolute Gasteiger partial charge is 0.493 e. The second-order valence-electron chi connectivity index (χ2n) is 6.50. The van der Waals surface area contributed by atoms with E-state index in [2.05, 4.69) is 10.6 Å². The molecule has 1 atom stereocenters. The average Bonchev–Trinajstić information content (AvgIpc) is 2.84. The highest BCUT2D eigenvalue weighted by Gasteiger charge is 2.34. The molecule has 0 spiro atoms. The fourth-order valence-corrected chi connectivity index (χ4v) is 3.81. The van der Waals surface area contributed by atoms with Gasteiger partial charge in [-0.25, -0.2) is 0 Å². The Bertz CT molecular complexity index is 889. The van der Waals surface area contributed by atoms with E-state index in [1.807, 2.05) is 42.5 Å². The Hall–Kier alpha value is -2.95. The number of hydrogen-bond donors (Lipinski definition) is 2. The summed E-state index contributed by atoms with van der Waals surface area (Å²) in [6.45, 7) is 0. The first kappa shape index (κ1) is 16.5. The predicted octanol–water partition coefficient (Wildman–Crippen LogP) is 4.29. The third kappa shape index (κ3) is 2.69. The molecule has 5 nitrogen and oxygen atoms in total. The molecule has 134 valence electrons. The number of carbonyl (C=O) groups is 1. The number of ketones is 1. The molecule has 1 aliphatic carbocycles. The summed E-state index contributed by atoms with van der Waals surface area (Å²) >= 11 is 0. The molecule has 0 radical (unpaired) electrons. The van der Waals surface area contributed by atoms with E-state index in [4.69, 9.17) is 9.47 Å². The highest BCUT2D eigenvalue weighted by molar-refractivity contribution is 6.00. The highest BCUT2D eigenvalue weighted by atomic mass is 16.5. The van der Waals surface area contributed by atoms with Gasteiger partial charge in [0, 0.05) is 23.3 Å². The van der Waals surface area contributed by atoms with Gasteiger partial charge in [-0.1, -0.05) is 24.3 Å². The molecule has 2 aromatic carbocycles. The van der Waals surface area contributed by atoms with Crippen molar-refractivity contribution in [2.45, 2.75) is 25.3 Å². The molecule has 0 amide bonds. The molecule has 1 heterocycles. The number of rotatable bonds is 3. The number of benzene rings is 2. The van der Waals surface area contributed by atoms with Crippen LogP contribution in [-0.2, 0) is 4.79 Å². The molecule has 0 fully saturated rings. The molecule has 2 N–H and O–H groups in total. The number of methoxy groups -OCH3 is 2. The normalized spacial score (nSPS) is 18.8. The Kier molecular flexibility index (Phi) is 4.29. The van der Waals surface area contributed by atoms with E-state index in [1.165, 1.54) is 0 Å². The van der Waals surface area contributed by atoms with Crippen molar-refractivity contribution >= 4 is 17.2 Å². The SMILES string of the molecule is COc1cccc(C2Nc3ccccc3NC3=C2C(=O)CCC3)c1OC. The van der Waals surface area contributed by atoms with Crippen LogP contribution in [0.5, 0.6) is 11.5 Å². The maximum Gasteiger partial charge on any atom is 0.166 e. The first-order chi connectivity index (χ1) is 12.7. The minimum Gasteiger partial charge on any atom is -0.493 e. The molecular formula is C21H22N2O3. The molecule has 1 aliphatic heterocycles. The fourth-order valence-electron chi connectivity index (χ4n) is 3.81. The van der Waals surface area contributed by atoms with Gasteiger partial charge >= 0.3 is 0 Å². The Morgan fingerprint density at radius 3 is 2.54 bits per heavy atom. The third-order valence-corrected chi connectivity index (χ3v) is 5.00. The lowest BCUT2D eigenvalue weighted by Crippen LogP contribution is -2.24. The van der Waals surface area contributed by atoms with Gasteiger partial charge in [0.15, 0.2) is 17.3 Å². The van der Waals surface area contributed by atoms with E-state index in [0.717, 1.165) is 41.1 Å². The Morgan fingerprint density at radius 1 is 0.962 bits per heavy atom. The number of para-hydroxylation sites is 3. The smallest absolute Gasteiger partial charge is 0.166 e. The van der Waals surface area contributed by atoms with Gasteiger partial charge in [0.25, 0.3) is 0 Å². The van der Waals surface area contributed by atoms with Gasteiger partial charge < -0.3 is 20.1 Å². The number of carbonyl (C=O) groups excluding carboxylic acids is 1. The number of hydrogen-bond acceptors (Lipinski definition) is 5. The fraction of sp³-hybridized carbons (Fsp3) is 0.286. The van der Waals surface area contributed by atoms with Crippen LogP contribution in [0.4, 0.5) is 11.4 Å². The topological polar surface area (TPSA) is 59.6 Å². The summed E-state index contributed by atoms with van der Waals surface area (Å²) in [6.07, 6.45) is 2.30. The minimum atomic E-state index is -0.293. The van der Waals surface area contributed by atoms with Crippen LogP contribution in [-0.4, -0.2) is 20.0 Å². The molecule has 1 unspecified atom stereocenters. The van der Waals surface area contributed by atoms with Crippen LogP contribution in [0.15, 0.2) is 53.7 Å². The molecule has 4 rings (SSSR count). The van der Waals surface area contributed by atoms with Crippen LogP contribution in [0, 0.1) is 0 Å². The molecular weight excluding hydrogens is 328 g/mol. The van der Waals surface area contributed by atoms with Crippen LogP contribution in [0.25, 0.3) is 0 Å². The summed E-state index contributed by atoms with van der Waals surface area (Å²) in [5, 5.41) is 7.04. The second-order valence-corrected chi connectivity index (χ2v) is 6.50. The standard InChI is InChI=1S/C21H22N2O3/c1-25-18-12-5-7-13(21(18)26-2)20-19-16(10-6-11-17(19)24)22-14-8-3-4-9-15(14)23-20/h3-5,7-9,12,20,22-23H,6,10-11H2,1-2H3. The number of fused-ring (bicyclic) bond motifs is 1. The van der Waals surface area contributed by atoms with Crippen molar-refractivity contribution < 1.29 is 14.3 Å². The van der Waals surface area contributed by atoms with E-state index in [-0.39, 0.29) is 11.8 Å². The monoisotopic (exact) mass is 350 g/mol. The van der Waals surface area contributed by atoms with E-state index >= 15 is 0 Å². The highest BCUT2D eigenvalue weighted by Crippen LogP contribution is 2.44. The molecule has 0 bridgehead atoms. The van der Waals surface area contributed by atoms with Crippen molar-refractivity contribution in [1.82, 2.24) is 0 Å². The molecule has 5 heteroatoms. The van der Waals surface area contributed by atoms with Crippen LogP contribution in [0.1, 0.15) is 30.9 Å². The lowest BCUT2D eigenvalue weighted by atomic mass is 9.86. The maximum atomic E-state index is 12.9. The van der Waals surface area contributed by atoms with Crippen molar-refractivity contribution in [3.05, 3.63) is 59.3 Å². The van der Waals surface area contributed by atoms with Crippen molar-refractivity contribution in [2.75, 3.05) is 24.9 Å². The van der Waals surface area contributed by atoms with Crippen molar-refractivity contribution in [3.63, 3.8) is 0 Å². The van der Waals surface area contributed by atoms with Crippen LogP contribution < -0.4 is 20.1 Å². The first-order valence-electron chi connectivity index (χ1n) is 8.82. The van der Waals surface area contributed by atoms with E-state index in [9.17, 15) is 4.79 Å². The summed E-state index contributed by atoms with van der Waals surface area (Å²) < 4.78 is 11.1. The number of allylic oxidation sites excluding steroid dienone is 1. The number of nitrogens with one attached hydrogen (secondary N) is 2. The average molecular weight is 350 g/mol. The summed E-state index contributed by atoms with van der Waals surface area (Å²) in [7, 11) is 3.25. The molecule has 2 aliphatic rings. The second kappa shape index (κ2) is 6.75. The first-order valence-corrected chi connectivity index (χ1v) is 8.82. The summed E-state index contributed by atoms with van der Waals surface area (Å²) in [6, 6.07) is 13.5.